The molecule has 0 spiro atoms. The highest BCUT2D eigenvalue weighted by Gasteiger charge is 2.38. The van der Waals surface area contributed by atoms with Crippen molar-refractivity contribution >= 4 is 40.5 Å². The first-order valence-electron chi connectivity index (χ1n) is 11.5. The lowest BCUT2D eigenvalue weighted by Gasteiger charge is -2.28. The molecule has 0 aliphatic carbocycles. The lowest BCUT2D eigenvalue weighted by molar-refractivity contribution is -0.150. The number of hydrogen-bond donors (Lipinski definition) is 7. The number of nitrogens with one attached hydrogen (secondary N) is 3. The summed E-state index contributed by atoms with van der Waals surface area (Å²) in [6.45, 7) is -0.595. The van der Waals surface area contributed by atoms with E-state index < -0.39 is 66.8 Å². The molecule has 4 atom stereocenters. The van der Waals surface area contributed by atoms with Crippen molar-refractivity contribution in [1.29, 1.82) is 0 Å². The molecule has 3 rings (SSSR count). The Kier molecular flexibility index (Phi) is 8.61. The fourth-order valence-electron chi connectivity index (χ4n) is 4.26. The molecule has 2 heterocycles. The van der Waals surface area contributed by atoms with E-state index in [-0.39, 0.29) is 19.4 Å². The summed E-state index contributed by atoms with van der Waals surface area (Å²) >= 11 is 0. The van der Waals surface area contributed by atoms with E-state index in [4.69, 9.17) is 11.5 Å². The fraction of sp³-hybridized carbons (Fsp3) is 0.435. The topological polar surface area (TPSA) is 221 Å². The van der Waals surface area contributed by atoms with Gasteiger partial charge < -0.3 is 42.2 Å². The van der Waals surface area contributed by atoms with Crippen LogP contribution in [0.15, 0.2) is 30.5 Å². The predicted molar refractivity (Wildman–Crippen MR) is 127 cm³/mol. The standard InChI is InChI=1S/C23H30N6O7/c24-14(9-19(25)31)20(32)27-16(8-12-10-26-15-5-2-1-4-13(12)15)21(33)28-17(11-30)22(34)29-7-3-6-18(29)23(35)36/h1-2,4-5,10,14,16-18,26,30H,3,6-9,11,24H2,(H2,25,31)(H,27,32)(H,28,33)(H,35,36). The van der Waals surface area contributed by atoms with Gasteiger partial charge in [0.1, 0.15) is 18.1 Å². The SMILES string of the molecule is NC(=O)CC(N)C(=O)NC(Cc1c[nH]c2ccccc12)C(=O)NC(CO)C(=O)N1CCCC1C(=O)O. The Labute approximate surface area is 206 Å². The third-order valence-corrected chi connectivity index (χ3v) is 6.11. The molecule has 4 amide bonds. The Morgan fingerprint density at radius 2 is 1.81 bits per heavy atom. The average Bonchev–Trinajstić information content (AvgIpc) is 3.49. The van der Waals surface area contributed by atoms with Crippen LogP contribution in [0.4, 0.5) is 0 Å². The maximum atomic E-state index is 13.2. The highest BCUT2D eigenvalue weighted by atomic mass is 16.4. The van der Waals surface area contributed by atoms with Gasteiger partial charge in [0.05, 0.1) is 19.1 Å². The number of fused-ring (bicyclic) bond motifs is 1. The number of likely N-dealkylation sites (tertiary alicyclic amines) is 1. The number of amides is 4. The van der Waals surface area contributed by atoms with Crippen LogP contribution in [-0.2, 0) is 30.4 Å². The van der Waals surface area contributed by atoms with Crippen molar-refractivity contribution in [2.24, 2.45) is 11.5 Å². The second kappa shape index (κ2) is 11.6. The Bertz CT molecular complexity index is 1150. The molecule has 2 aromatic rings. The number of aliphatic hydroxyl groups is 1. The first kappa shape index (κ1) is 26.6. The fourth-order valence-corrected chi connectivity index (χ4v) is 4.26. The third kappa shape index (κ3) is 6.17. The number of aliphatic hydroxyl groups excluding tert-OH is 1. The van der Waals surface area contributed by atoms with E-state index in [0.29, 0.717) is 12.0 Å². The van der Waals surface area contributed by atoms with Crippen LogP contribution < -0.4 is 22.1 Å². The highest BCUT2D eigenvalue weighted by molar-refractivity contribution is 5.96. The molecule has 0 radical (unpaired) electrons. The lowest BCUT2D eigenvalue weighted by Crippen LogP contribution is -2.58. The molecular weight excluding hydrogens is 472 g/mol. The van der Waals surface area contributed by atoms with Gasteiger partial charge in [0, 0.05) is 30.1 Å². The van der Waals surface area contributed by atoms with Gasteiger partial charge in [-0.25, -0.2) is 4.79 Å². The van der Waals surface area contributed by atoms with Gasteiger partial charge in [0.15, 0.2) is 0 Å². The maximum absolute atomic E-state index is 13.2. The molecule has 194 valence electrons. The minimum Gasteiger partial charge on any atom is -0.480 e. The van der Waals surface area contributed by atoms with Gasteiger partial charge in [-0.15, -0.1) is 0 Å². The number of aromatic amines is 1. The van der Waals surface area contributed by atoms with Crippen molar-refractivity contribution in [3.63, 3.8) is 0 Å². The normalized spacial score (nSPS) is 17.8. The highest BCUT2D eigenvalue weighted by Crippen LogP contribution is 2.20. The van der Waals surface area contributed by atoms with Gasteiger partial charge in [-0.2, -0.15) is 0 Å². The molecule has 0 saturated carbocycles. The minimum atomic E-state index is -1.42. The average molecular weight is 503 g/mol. The van der Waals surface area contributed by atoms with Crippen LogP contribution in [0.2, 0.25) is 0 Å². The van der Waals surface area contributed by atoms with Crippen LogP contribution >= 0.6 is 0 Å². The van der Waals surface area contributed by atoms with Gasteiger partial charge >= 0.3 is 5.97 Å². The van der Waals surface area contributed by atoms with Crippen molar-refractivity contribution < 1.29 is 34.2 Å². The monoisotopic (exact) mass is 502 g/mol. The number of aliphatic carboxylic acids is 1. The maximum Gasteiger partial charge on any atom is 0.326 e. The van der Waals surface area contributed by atoms with Crippen LogP contribution in [0.1, 0.15) is 24.8 Å². The van der Waals surface area contributed by atoms with Crippen LogP contribution in [0.5, 0.6) is 0 Å². The van der Waals surface area contributed by atoms with Crippen molar-refractivity contribution in [1.82, 2.24) is 20.5 Å². The summed E-state index contributed by atoms with van der Waals surface area (Å²) < 4.78 is 0. The van der Waals surface area contributed by atoms with Crippen molar-refractivity contribution in [3.05, 3.63) is 36.0 Å². The summed E-state index contributed by atoms with van der Waals surface area (Å²) in [6, 6.07) is 2.32. The Morgan fingerprint density at radius 1 is 1.11 bits per heavy atom. The smallest absolute Gasteiger partial charge is 0.326 e. The van der Waals surface area contributed by atoms with E-state index in [1.165, 1.54) is 0 Å². The Morgan fingerprint density at radius 3 is 2.47 bits per heavy atom. The van der Waals surface area contributed by atoms with Gasteiger partial charge in [-0.05, 0) is 24.5 Å². The van der Waals surface area contributed by atoms with Gasteiger partial charge in [0.2, 0.25) is 23.6 Å². The van der Waals surface area contributed by atoms with Crippen LogP contribution in [0.3, 0.4) is 0 Å². The first-order chi connectivity index (χ1) is 17.1. The van der Waals surface area contributed by atoms with E-state index in [1.807, 2.05) is 24.3 Å². The van der Waals surface area contributed by atoms with E-state index in [1.54, 1.807) is 6.20 Å². The van der Waals surface area contributed by atoms with E-state index in [9.17, 15) is 34.2 Å². The number of H-pyrrole nitrogens is 1. The number of nitrogens with zero attached hydrogens (tertiary/aromatic N) is 1. The second-order valence-electron chi connectivity index (χ2n) is 8.67. The molecule has 9 N–H and O–H groups in total. The van der Waals surface area contributed by atoms with Crippen LogP contribution in [-0.4, -0.2) is 87.0 Å². The summed E-state index contributed by atoms with van der Waals surface area (Å²) in [5.41, 5.74) is 12.3. The zero-order chi connectivity index (χ0) is 26.4. The van der Waals surface area contributed by atoms with Gasteiger partial charge in [-0.3, -0.25) is 19.2 Å². The molecule has 1 aliphatic heterocycles. The largest absolute Gasteiger partial charge is 0.480 e. The van der Waals surface area contributed by atoms with Crippen molar-refractivity contribution in [2.75, 3.05) is 13.2 Å². The third-order valence-electron chi connectivity index (χ3n) is 6.11. The summed E-state index contributed by atoms with van der Waals surface area (Å²) in [7, 11) is 0. The predicted octanol–water partition coefficient (Wildman–Crippen LogP) is -2.05. The molecule has 4 unspecified atom stereocenters. The number of carbonyl (C=O) groups is 5. The molecule has 1 aromatic carbocycles. The number of hydrogen-bond acceptors (Lipinski definition) is 7. The van der Waals surface area contributed by atoms with Crippen LogP contribution in [0.25, 0.3) is 10.9 Å². The Hall–Kier alpha value is -3.97. The van der Waals surface area contributed by atoms with Crippen molar-refractivity contribution in [3.8, 4) is 0 Å². The number of carboxylic acid groups (broad SMARTS) is 1. The second-order valence-corrected chi connectivity index (χ2v) is 8.67. The van der Waals surface area contributed by atoms with E-state index in [0.717, 1.165) is 15.8 Å². The molecule has 1 aromatic heterocycles. The number of rotatable bonds is 11. The molecule has 1 saturated heterocycles. The molecule has 36 heavy (non-hydrogen) atoms. The molecule has 1 fully saturated rings. The van der Waals surface area contributed by atoms with E-state index >= 15 is 0 Å². The zero-order valence-corrected chi connectivity index (χ0v) is 19.5. The minimum absolute atomic E-state index is 0.00131. The number of primary amides is 1. The van der Waals surface area contributed by atoms with Gasteiger partial charge in [0.25, 0.3) is 0 Å². The molecule has 1 aliphatic rings. The Balaban J connectivity index is 1.80. The summed E-state index contributed by atoms with van der Waals surface area (Å²) in [6.07, 6.45) is 1.99. The molecule has 13 heteroatoms. The number of aromatic nitrogens is 1. The lowest BCUT2D eigenvalue weighted by atomic mass is 10.0. The number of para-hydroxylation sites is 1. The quantitative estimate of drug-likeness (QED) is 0.181. The number of carbonyl (C=O) groups excluding carboxylic acids is 4. The molecule has 0 bridgehead atoms. The van der Waals surface area contributed by atoms with E-state index in [2.05, 4.69) is 15.6 Å². The summed E-state index contributed by atoms with van der Waals surface area (Å²) in [5.74, 6) is -4.29. The number of benzene rings is 1. The number of nitrogens with two attached hydrogens (primary N) is 2. The molecule has 13 nitrogen and oxygen atoms in total. The van der Waals surface area contributed by atoms with Crippen molar-refractivity contribution in [2.45, 2.75) is 49.9 Å². The summed E-state index contributed by atoms with van der Waals surface area (Å²) in [5, 5.41) is 24.9. The zero-order valence-electron chi connectivity index (χ0n) is 19.5. The summed E-state index contributed by atoms with van der Waals surface area (Å²) in [4.78, 5) is 65.5. The number of carboxylic acids is 1. The molecular formula is C23H30N6O7. The first-order valence-corrected chi connectivity index (χ1v) is 11.5. The van der Waals surface area contributed by atoms with Gasteiger partial charge in [-0.1, -0.05) is 18.2 Å². The van der Waals surface area contributed by atoms with Crippen LogP contribution in [0, 0.1) is 0 Å².